The summed E-state index contributed by atoms with van der Waals surface area (Å²) in [5, 5.41) is 2.60. The van der Waals surface area contributed by atoms with Crippen LogP contribution in [0.15, 0.2) is 53.7 Å². The Morgan fingerprint density at radius 2 is 1.75 bits per heavy atom. The van der Waals surface area contributed by atoms with Crippen LogP contribution in [-0.2, 0) is 14.8 Å². The first-order chi connectivity index (χ1) is 9.47. The second-order valence-corrected chi connectivity index (χ2v) is 5.74. The van der Waals surface area contributed by atoms with Gasteiger partial charge in [-0.1, -0.05) is 0 Å². The molecule has 0 bridgehead atoms. The minimum atomic E-state index is -3.65. The van der Waals surface area contributed by atoms with E-state index < -0.39 is 10.0 Å². The summed E-state index contributed by atoms with van der Waals surface area (Å²) in [4.78, 5) is 14.7. The third-order valence-electron chi connectivity index (χ3n) is 2.40. The molecule has 7 heteroatoms. The lowest BCUT2D eigenvalue weighted by atomic mass is 10.3. The lowest BCUT2D eigenvalue weighted by Gasteiger charge is -2.08. The van der Waals surface area contributed by atoms with E-state index in [0.29, 0.717) is 11.4 Å². The molecule has 0 fully saturated rings. The van der Waals surface area contributed by atoms with Crippen molar-refractivity contribution in [3.05, 3.63) is 48.8 Å². The highest BCUT2D eigenvalue weighted by atomic mass is 32.2. The molecule has 1 aromatic carbocycles. The van der Waals surface area contributed by atoms with Gasteiger partial charge in [0.05, 0.1) is 0 Å². The van der Waals surface area contributed by atoms with Crippen LogP contribution in [0.25, 0.3) is 0 Å². The zero-order chi connectivity index (χ0) is 14.6. The van der Waals surface area contributed by atoms with Crippen molar-refractivity contribution in [2.45, 2.75) is 11.8 Å². The maximum atomic E-state index is 12.0. The van der Waals surface area contributed by atoms with Crippen LogP contribution in [0.2, 0.25) is 0 Å². The van der Waals surface area contributed by atoms with Crippen molar-refractivity contribution in [3.63, 3.8) is 0 Å². The summed E-state index contributed by atoms with van der Waals surface area (Å²) >= 11 is 0. The topological polar surface area (TPSA) is 88.2 Å². The van der Waals surface area contributed by atoms with Crippen molar-refractivity contribution in [1.29, 1.82) is 0 Å². The van der Waals surface area contributed by atoms with Crippen molar-refractivity contribution in [2.24, 2.45) is 0 Å². The van der Waals surface area contributed by atoms with Gasteiger partial charge in [0, 0.05) is 30.7 Å². The molecule has 0 spiro atoms. The smallest absolute Gasteiger partial charge is 0.263 e. The molecule has 0 unspecified atom stereocenters. The second kappa shape index (κ2) is 5.70. The molecule has 0 aliphatic heterocycles. The zero-order valence-electron chi connectivity index (χ0n) is 10.7. The van der Waals surface area contributed by atoms with Gasteiger partial charge in [0.25, 0.3) is 10.0 Å². The number of nitrogens with zero attached hydrogens (tertiary/aromatic N) is 1. The van der Waals surface area contributed by atoms with Crippen LogP contribution in [0, 0.1) is 0 Å². The van der Waals surface area contributed by atoms with Crippen LogP contribution in [0.4, 0.5) is 11.4 Å². The van der Waals surface area contributed by atoms with Gasteiger partial charge >= 0.3 is 0 Å². The molecule has 6 nitrogen and oxygen atoms in total. The Labute approximate surface area is 116 Å². The van der Waals surface area contributed by atoms with E-state index in [1.807, 2.05) is 0 Å². The van der Waals surface area contributed by atoms with Crippen molar-refractivity contribution in [2.75, 3.05) is 10.0 Å². The molecule has 0 aliphatic carbocycles. The van der Waals surface area contributed by atoms with Crippen LogP contribution >= 0.6 is 0 Å². The lowest BCUT2D eigenvalue weighted by Crippen LogP contribution is -2.13. The van der Waals surface area contributed by atoms with Gasteiger partial charge in [-0.15, -0.1) is 0 Å². The fourth-order valence-corrected chi connectivity index (χ4v) is 2.57. The van der Waals surface area contributed by atoms with E-state index in [4.69, 9.17) is 0 Å². The molecule has 1 amide bonds. The molecular formula is C13H13N3O3S. The van der Waals surface area contributed by atoms with Gasteiger partial charge in [-0.3, -0.25) is 14.5 Å². The number of pyridine rings is 1. The molecule has 20 heavy (non-hydrogen) atoms. The molecule has 2 N–H and O–H groups in total. The van der Waals surface area contributed by atoms with Gasteiger partial charge in [0.2, 0.25) is 5.91 Å². The van der Waals surface area contributed by atoms with E-state index in [1.165, 1.54) is 25.4 Å². The average Bonchev–Trinajstić information content (AvgIpc) is 2.41. The molecule has 0 aliphatic rings. The molecule has 2 aromatic rings. The van der Waals surface area contributed by atoms with Crippen LogP contribution in [0.5, 0.6) is 0 Å². The van der Waals surface area contributed by atoms with Gasteiger partial charge in [0.15, 0.2) is 0 Å². The number of hydrogen-bond acceptors (Lipinski definition) is 4. The molecule has 0 saturated heterocycles. The number of nitrogens with one attached hydrogen (secondary N) is 2. The highest BCUT2D eigenvalue weighted by Crippen LogP contribution is 2.17. The van der Waals surface area contributed by atoms with Gasteiger partial charge in [0.1, 0.15) is 4.90 Å². The first-order valence-corrected chi connectivity index (χ1v) is 7.26. The number of carbonyl (C=O) groups is 1. The summed E-state index contributed by atoms with van der Waals surface area (Å²) in [6, 6.07) is 9.37. The Hall–Kier alpha value is -2.41. The molecule has 1 aromatic heterocycles. The summed E-state index contributed by atoms with van der Waals surface area (Å²) in [5.41, 5.74) is 1.00. The monoisotopic (exact) mass is 291 g/mol. The third kappa shape index (κ3) is 3.55. The van der Waals surface area contributed by atoms with Crippen LogP contribution in [0.1, 0.15) is 6.92 Å². The summed E-state index contributed by atoms with van der Waals surface area (Å²) in [7, 11) is -3.65. The number of anilines is 2. The van der Waals surface area contributed by atoms with Crippen LogP contribution < -0.4 is 10.0 Å². The molecule has 0 saturated carbocycles. The number of carbonyl (C=O) groups excluding carboxylic acids is 1. The molecule has 2 rings (SSSR count). The predicted molar refractivity (Wildman–Crippen MR) is 75.8 cm³/mol. The number of hydrogen-bond donors (Lipinski definition) is 2. The lowest BCUT2D eigenvalue weighted by molar-refractivity contribution is -0.114. The van der Waals surface area contributed by atoms with Crippen molar-refractivity contribution < 1.29 is 13.2 Å². The zero-order valence-corrected chi connectivity index (χ0v) is 11.5. The Bertz CT molecular complexity index is 697. The van der Waals surface area contributed by atoms with E-state index in [-0.39, 0.29) is 10.8 Å². The predicted octanol–water partition coefficient (Wildman–Crippen LogP) is 1.84. The number of aromatic nitrogens is 1. The minimum absolute atomic E-state index is 0.0888. The summed E-state index contributed by atoms with van der Waals surface area (Å²) < 4.78 is 26.5. The number of amides is 1. The number of sulfonamides is 1. The maximum Gasteiger partial charge on any atom is 0.263 e. The molecule has 0 atom stereocenters. The summed E-state index contributed by atoms with van der Waals surface area (Å²) in [6.45, 7) is 1.40. The van der Waals surface area contributed by atoms with Gasteiger partial charge in [-0.2, -0.15) is 0 Å². The van der Waals surface area contributed by atoms with Gasteiger partial charge in [-0.25, -0.2) is 8.42 Å². The SMILES string of the molecule is CC(=O)Nc1ccc(NS(=O)(=O)c2cccnc2)cc1. The van der Waals surface area contributed by atoms with E-state index in [2.05, 4.69) is 15.0 Å². The highest BCUT2D eigenvalue weighted by Gasteiger charge is 2.13. The van der Waals surface area contributed by atoms with Crippen LogP contribution in [-0.4, -0.2) is 19.3 Å². The van der Waals surface area contributed by atoms with Crippen molar-refractivity contribution in [3.8, 4) is 0 Å². The largest absolute Gasteiger partial charge is 0.326 e. The van der Waals surface area contributed by atoms with E-state index in [0.717, 1.165) is 0 Å². The van der Waals surface area contributed by atoms with E-state index in [1.54, 1.807) is 30.3 Å². The standard InChI is InChI=1S/C13H13N3O3S/c1-10(17)15-11-4-6-12(7-5-11)16-20(18,19)13-3-2-8-14-9-13/h2-9,16H,1H3,(H,15,17). The Kier molecular flexibility index (Phi) is 3.99. The van der Waals surface area contributed by atoms with Crippen molar-refractivity contribution >= 4 is 27.3 Å². The van der Waals surface area contributed by atoms with Gasteiger partial charge < -0.3 is 5.32 Å². The first kappa shape index (κ1) is 14.0. The Morgan fingerprint density at radius 3 is 2.30 bits per heavy atom. The molecule has 104 valence electrons. The summed E-state index contributed by atoms with van der Waals surface area (Å²) in [5.74, 6) is -0.186. The molecule has 1 heterocycles. The van der Waals surface area contributed by atoms with Gasteiger partial charge in [-0.05, 0) is 36.4 Å². The second-order valence-electron chi connectivity index (χ2n) is 4.05. The minimum Gasteiger partial charge on any atom is -0.326 e. The summed E-state index contributed by atoms with van der Waals surface area (Å²) in [6.07, 6.45) is 2.77. The fraction of sp³-hybridized carbons (Fsp3) is 0.0769. The van der Waals surface area contributed by atoms with E-state index in [9.17, 15) is 13.2 Å². The van der Waals surface area contributed by atoms with E-state index >= 15 is 0 Å². The highest BCUT2D eigenvalue weighted by molar-refractivity contribution is 7.92. The fourth-order valence-electron chi connectivity index (χ4n) is 1.54. The molecular weight excluding hydrogens is 278 g/mol. The number of rotatable bonds is 4. The van der Waals surface area contributed by atoms with Crippen molar-refractivity contribution in [1.82, 2.24) is 4.98 Å². The normalized spacial score (nSPS) is 10.8. The average molecular weight is 291 g/mol. The number of benzene rings is 1. The third-order valence-corrected chi connectivity index (χ3v) is 3.77. The quantitative estimate of drug-likeness (QED) is 0.899. The maximum absolute atomic E-state index is 12.0. The Balaban J connectivity index is 2.16. The Morgan fingerprint density at radius 1 is 1.10 bits per heavy atom. The molecule has 0 radical (unpaired) electrons. The first-order valence-electron chi connectivity index (χ1n) is 5.78. The van der Waals surface area contributed by atoms with Crippen LogP contribution in [0.3, 0.4) is 0 Å².